The highest BCUT2D eigenvalue weighted by molar-refractivity contribution is 6.31. The summed E-state index contributed by atoms with van der Waals surface area (Å²) >= 11 is 5.99. The largest absolute Gasteiger partial charge is 1.00 e. The van der Waals surface area contributed by atoms with Gasteiger partial charge in [0, 0.05) is 17.2 Å². The molecule has 0 atom stereocenters. The van der Waals surface area contributed by atoms with Crippen LogP contribution in [0, 0.1) is 0 Å². The third-order valence-corrected chi connectivity index (χ3v) is 2.76. The highest BCUT2D eigenvalue weighted by atomic mass is 127. The minimum absolute atomic E-state index is 0. The van der Waals surface area contributed by atoms with Crippen LogP contribution in [0.1, 0.15) is 19.9 Å². The molecule has 0 amide bonds. The zero-order valence-corrected chi connectivity index (χ0v) is 12.2. The first-order valence-corrected chi connectivity index (χ1v) is 5.36. The molecule has 86 valence electrons. The Bertz CT molecular complexity index is 512. The van der Waals surface area contributed by atoms with E-state index in [1.807, 2.05) is 30.5 Å². The Kier molecular flexibility index (Phi) is 4.38. The molecule has 0 aliphatic carbocycles. The van der Waals surface area contributed by atoms with Crippen LogP contribution in [0.25, 0.3) is 10.9 Å². The molecule has 4 heteroatoms. The average Bonchev–Trinajstić information content (AvgIpc) is 2.17. The molecule has 0 saturated carbocycles. The minimum atomic E-state index is 0. The molecule has 1 heterocycles. The number of fused-ring (bicyclic) bond motifs is 1. The molecule has 0 aliphatic rings. The van der Waals surface area contributed by atoms with E-state index in [-0.39, 0.29) is 24.0 Å². The normalized spacial score (nSPS) is 10.5. The van der Waals surface area contributed by atoms with E-state index in [1.54, 1.807) is 0 Å². The molecule has 0 saturated heterocycles. The van der Waals surface area contributed by atoms with Gasteiger partial charge in [0.1, 0.15) is 0 Å². The zero-order chi connectivity index (χ0) is 11.0. The lowest BCUT2D eigenvalue weighted by atomic mass is 10.1. The van der Waals surface area contributed by atoms with E-state index in [4.69, 9.17) is 17.3 Å². The molecule has 0 radical (unpaired) electrons. The maximum absolute atomic E-state index is 5.99. The van der Waals surface area contributed by atoms with Crippen molar-refractivity contribution in [3.8, 4) is 0 Å². The highest BCUT2D eigenvalue weighted by Gasteiger charge is 2.14. The van der Waals surface area contributed by atoms with E-state index in [2.05, 4.69) is 18.4 Å². The molecule has 0 spiro atoms. The van der Waals surface area contributed by atoms with Crippen LogP contribution in [0.15, 0.2) is 30.5 Å². The van der Waals surface area contributed by atoms with E-state index in [1.165, 1.54) is 0 Å². The van der Waals surface area contributed by atoms with Crippen LogP contribution < -0.4 is 34.3 Å². The van der Waals surface area contributed by atoms with E-state index in [0.717, 1.165) is 21.6 Å². The Labute approximate surface area is 117 Å². The topological polar surface area (TPSA) is 29.9 Å². The smallest absolute Gasteiger partial charge is 0.216 e. The Morgan fingerprint density at radius 3 is 2.56 bits per heavy atom. The molecule has 0 aliphatic heterocycles. The van der Waals surface area contributed by atoms with Gasteiger partial charge < -0.3 is 29.7 Å². The molecule has 0 unspecified atom stereocenters. The molecular formula is C12H14ClIN2. The molecule has 2 rings (SSSR count). The summed E-state index contributed by atoms with van der Waals surface area (Å²) in [5.41, 5.74) is 7.79. The summed E-state index contributed by atoms with van der Waals surface area (Å²) < 4.78 is 2.16. The van der Waals surface area contributed by atoms with Crippen molar-refractivity contribution in [1.82, 2.24) is 0 Å². The second kappa shape index (κ2) is 5.19. The number of nitrogens with zero attached hydrogens (tertiary/aromatic N) is 1. The zero-order valence-electron chi connectivity index (χ0n) is 9.24. The average molecular weight is 349 g/mol. The van der Waals surface area contributed by atoms with Crippen LogP contribution >= 0.6 is 11.6 Å². The first-order valence-electron chi connectivity index (χ1n) is 4.98. The molecule has 2 N–H and O–H groups in total. The molecule has 1 aromatic carbocycles. The van der Waals surface area contributed by atoms with Crippen molar-refractivity contribution < 1.29 is 28.5 Å². The van der Waals surface area contributed by atoms with Crippen molar-refractivity contribution in [2.75, 3.05) is 5.73 Å². The number of hydrogen-bond acceptors (Lipinski definition) is 1. The fraction of sp³-hybridized carbons (Fsp3) is 0.250. The maximum Gasteiger partial charge on any atom is 0.216 e. The summed E-state index contributed by atoms with van der Waals surface area (Å²) in [5.74, 6) is 0. The van der Waals surface area contributed by atoms with Crippen LogP contribution in [-0.2, 0) is 0 Å². The monoisotopic (exact) mass is 348 g/mol. The predicted octanol–water partition coefficient (Wildman–Crippen LogP) is -0.0522. The van der Waals surface area contributed by atoms with Crippen molar-refractivity contribution in [2.45, 2.75) is 19.9 Å². The van der Waals surface area contributed by atoms with Gasteiger partial charge in [-0.15, -0.1) is 0 Å². The van der Waals surface area contributed by atoms with Crippen LogP contribution in [0.2, 0.25) is 5.02 Å². The van der Waals surface area contributed by atoms with Gasteiger partial charge in [0.05, 0.1) is 11.1 Å². The number of anilines is 1. The SMILES string of the molecule is CC(C)[n+]1ccc(N)c2ccc(Cl)cc21.[I-]. The van der Waals surface area contributed by atoms with Gasteiger partial charge in [-0.2, -0.15) is 4.57 Å². The summed E-state index contributed by atoms with van der Waals surface area (Å²) in [5, 5.41) is 1.79. The number of rotatable bonds is 1. The van der Waals surface area contributed by atoms with Gasteiger partial charge in [-0.05, 0) is 26.0 Å². The lowest BCUT2D eigenvalue weighted by Gasteiger charge is -2.06. The van der Waals surface area contributed by atoms with Crippen molar-refractivity contribution in [3.63, 3.8) is 0 Å². The summed E-state index contributed by atoms with van der Waals surface area (Å²) in [7, 11) is 0. The van der Waals surface area contributed by atoms with Crippen LogP contribution in [-0.4, -0.2) is 0 Å². The Morgan fingerprint density at radius 1 is 1.25 bits per heavy atom. The number of aromatic nitrogens is 1. The number of nitrogen functional groups attached to an aromatic ring is 1. The lowest BCUT2D eigenvalue weighted by Crippen LogP contribution is -3.00. The summed E-state index contributed by atoms with van der Waals surface area (Å²) in [6.07, 6.45) is 2.00. The van der Waals surface area contributed by atoms with E-state index < -0.39 is 0 Å². The summed E-state index contributed by atoms with van der Waals surface area (Å²) in [4.78, 5) is 0. The van der Waals surface area contributed by atoms with Gasteiger partial charge >= 0.3 is 0 Å². The molecule has 1 aromatic heterocycles. The Hall–Kier alpha value is -0.550. The Morgan fingerprint density at radius 2 is 1.94 bits per heavy atom. The third-order valence-electron chi connectivity index (χ3n) is 2.52. The number of hydrogen-bond donors (Lipinski definition) is 1. The second-order valence-corrected chi connectivity index (χ2v) is 4.37. The van der Waals surface area contributed by atoms with Crippen molar-refractivity contribution in [3.05, 3.63) is 35.5 Å². The fourth-order valence-electron chi connectivity index (χ4n) is 1.74. The van der Waals surface area contributed by atoms with E-state index in [0.29, 0.717) is 6.04 Å². The molecular weight excluding hydrogens is 335 g/mol. The standard InChI is InChI=1S/C12H13ClN2.HI/c1-8(2)15-6-5-11(14)10-4-3-9(13)7-12(10)15;/h3-8,14H,1-2H3;1H. The fourth-order valence-corrected chi connectivity index (χ4v) is 1.91. The predicted molar refractivity (Wildman–Crippen MR) is 64.0 cm³/mol. The molecule has 0 bridgehead atoms. The lowest BCUT2D eigenvalue weighted by molar-refractivity contribution is -0.691. The molecule has 16 heavy (non-hydrogen) atoms. The molecule has 0 fully saturated rings. The summed E-state index contributed by atoms with van der Waals surface area (Å²) in [6.45, 7) is 4.27. The third kappa shape index (κ3) is 2.40. The van der Waals surface area contributed by atoms with Gasteiger partial charge in [-0.25, -0.2) is 0 Å². The maximum atomic E-state index is 5.99. The van der Waals surface area contributed by atoms with Crippen LogP contribution in [0.3, 0.4) is 0 Å². The van der Waals surface area contributed by atoms with Crippen LogP contribution in [0.5, 0.6) is 0 Å². The van der Waals surface area contributed by atoms with Gasteiger partial charge in [0.15, 0.2) is 12.2 Å². The Balaban J connectivity index is 0.00000128. The van der Waals surface area contributed by atoms with Crippen molar-refractivity contribution >= 4 is 28.2 Å². The number of halogens is 2. The van der Waals surface area contributed by atoms with Crippen LogP contribution in [0.4, 0.5) is 5.69 Å². The molecule has 2 nitrogen and oxygen atoms in total. The second-order valence-electron chi connectivity index (χ2n) is 3.93. The quantitative estimate of drug-likeness (QED) is 0.568. The van der Waals surface area contributed by atoms with E-state index >= 15 is 0 Å². The van der Waals surface area contributed by atoms with E-state index in [9.17, 15) is 0 Å². The first kappa shape index (κ1) is 13.5. The van der Waals surface area contributed by atoms with Gasteiger partial charge in [0.25, 0.3) is 0 Å². The number of nitrogens with two attached hydrogens (primary N) is 1. The van der Waals surface area contributed by atoms with Gasteiger partial charge in [-0.1, -0.05) is 11.6 Å². The first-order chi connectivity index (χ1) is 7.09. The van der Waals surface area contributed by atoms with Crippen molar-refractivity contribution in [2.24, 2.45) is 0 Å². The minimum Gasteiger partial charge on any atom is -1.00 e. The number of benzene rings is 1. The van der Waals surface area contributed by atoms with Gasteiger partial charge in [-0.3, -0.25) is 0 Å². The molecule has 2 aromatic rings. The van der Waals surface area contributed by atoms with Gasteiger partial charge in [0.2, 0.25) is 5.52 Å². The highest BCUT2D eigenvalue weighted by Crippen LogP contribution is 2.22. The number of pyridine rings is 1. The summed E-state index contributed by atoms with van der Waals surface area (Å²) in [6, 6.07) is 8.10. The van der Waals surface area contributed by atoms with Crippen molar-refractivity contribution in [1.29, 1.82) is 0 Å².